The van der Waals surface area contributed by atoms with E-state index in [-0.39, 0.29) is 0 Å². The van der Waals surface area contributed by atoms with Gasteiger partial charge in [-0.1, -0.05) is 0 Å². The second kappa shape index (κ2) is 4.35. The topological polar surface area (TPSA) is 54.6 Å². The normalized spacial score (nSPS) is 26.0. The lowest BCUT2D eigenvalue weighted by Crippen LogP contribution is -2.33. The number of furan rings is 1. The maximum Gasteiger partial charge on any atom is 0.129 e. The second-order valence-corrected chi connectivity index (χ2v) is 4.13. The van der Waals surface area contributed by atoms with E-state index in [2.05, 4.69) is 5.32 Å². The highest BCUT2D eigenvalue weighted by molar-refractivity contribution is 5.10. The lowest BCUT2D eigenvalue weighted by atomic mass is 9.98. The van der Waals surface area contributed by atoms with Crippen molar-refractivity contribution >= 4 is 0 Å². The van der Waals surface area contributed by atoms with Crippen LogP contribution in [0.2, 0.25) is 0 Å². The molecule has 84 valence electrons. The molecule has 1 aliphatic heterocycles. The molecule has 2 N–H and O–H groups in total. The average Bonchev–Trinajstić information content (AvgIpc) is 2.77. The third-order valence-electron chi connectivity index (χ3n) is 2.73. The average molecular weight is 211 g/mol. The summed E-state index contributed by atoms with van der Waals surface area (Å²) in [6.45, 7) is 2.01. The Labute approximate surface area is 89.2 Å². The predicted molar refractivity (Wildman–Crippen MR) is 55.6 cm³/mol. The molecule has 1 fully saturated rings. The zero-order valence-electron chi connectivity index (χ0n) is 8.95. The molecular weight excluding hydrogens is 194 g/mol. The van der Waals surface area contributed by atoms with Crippen LogP contribution in [0.4, 0.5) is 0 Å². The number of rotatable bonds is 4. The minimum atomic E-state index is -0.637. The molecule has 0 aliphatic carbocycles. The molecule has 4 nitrogen and oxygen atoms in total. The number of hydrogen-bond donors (Lipinski definition) is 2. The summed E-state index contributed by atoms with van der Waals surface area (Å²) >= 11 is 0. The molecule has 0 saturated carbocycles. The van der Waals surface area contributed by atoms with Crippen molar-refractivity contribution < 1.29 is 14.3 Å². The molecule has 1 atom stereocenters. The fourth-order valence-corrected chi connectivity index (χ4v) is 1.94. The van der Waals surface area contributed by atoms with Gasteiger partial charge in [-0.25, -0.2) is 0 Å². The summed E-state index contributed by atoms with van der Waals surface area (Å²) in [6, 6.07) is 3.80. The highest BCUT2D eigenvalue weighted by Gasteiger charge is 2.32. The van der Waals surface area contributed by atoms with Crippen molar-refractivity contribution in [2.75, 3.05) is 20.2 Å². The van der Waals surface area contributed by atoms with E-state index in [0.29, 0.717) is 19.6 Å². The Bertz CT molecular complexity index is 315. The van der Waals surface area contributed by atoms with E-state index in [0.717, 1.165) is 24.5 Å². The second-order valence-electron chi connectivity index (χ2n) is 4.13. The van der Waals surface area contributed by atoms with Crippen LogP contribution in [0.3, 0.4) is 0 Å². The molecule has 1 saturated heterocycles. The first-order valence-corrected chi connectivity index (χ1v) is 5.21. The lowest BCUT2D eigenvalue weighted by Gasteiger charge is -2.19. The van der Waals surface area contributed by atoms with Crippen LogP contribution >= 0.6 is 0 Å². The van der Waals surface area contributed by atoms with E-state index in [1.807, 2.05) is 12.1 Å². The Kier molecular flexibility index (Phi) is 3.09. The fourth-order valence-electron chi connectivity index (χ4n) is 1.94. The highest BCUT2D eigenvalue weighted by atomic mass is 16.5. The van der Waals surface area contributed by atoms with Gasteiger partial charge in [0.05, 0.1) is 5.60 Å². The molecule has 15 heavy (non-hydrogen) atoms. The third kappa shape index (κ3) is 2.59. The van der Waals surface area contributed by atoms with E-state index in [9.17, 15) is 5.11 Å². The van der Waals surface area contributed by atoms with Crippen molar-refractivity contribution in [1.82, 2.24) is 5.32 Å². The number of β-amino-alcohol motifs (C(OH)–C–C–N with tert-alkyl or cyclic N) is 1. The molecule has 0 radical (unpaired) electrons. The quantitative estimate of drug-likeness (QED) is 0.769. The van der Waals surface area contributed by atoms with Crippen LogP contribution in [-0.4, -0.2) is 30.9 Å². The van der Waals surface area contributed by atoms with Crippen molar-refractivity contribution in [3.63, 3.8) is 0 Å². The van der Waals surface area contributed by atoms with Crippen LogP contribution in [0.25, 0.3) is 0 Å². The van der Waals surface area contributed by atoms with Gasteiger partial charge < -0.3 is 19.6 Å². The number of nitrogens with one attached hydrogen (secondary N) is 1. The third-order valence-corrected chi connectivity index (χ3v) is 2.73. The van der Waals surface area contributed by atoms with Gasteiger partial charge in [0.2, 0.25) is 0 Å². The van der Waals surface area contributed by atoms with Crippen molar-refractivity contribution in [1.29, 1.82) is 0 Å². The first kappa shape index (κ1) is 10.7. The maximum atomic E-state index is 10.1. The summed E-state index contributed by atoms with van der Waals surface area (Å²) in [4.78, 5) is 0. The van der Waals surface area contributed by atoms with E-state index in [4.69, 9.17) is 9.15 Å². The SMILES string of the molecule is COCc1ccc(CC2(O)CCNC2)o1. The molecule has 2 rings (SSSR count). The van der Waals surface area contributed by atoms with Crippen LogP contribution < -0.4 is 5.32 Å². The standard InChI is InChI=1S/C11H17NO3/c1-14-7-10-3-2-9(15-10)6-11(13)4-5-12-8-11/h2-3,12-13H,4-8H2,1H3. The molecule has 1 unspecified atom stereocenters. The van der Waals surface area contributed by atoms with Gasteiger partial charge in [-0.15, -0.1) is 0 Å². The van der Waals surface area contributed by atoms with Gasteiger partial charge in [0.1, 0.15) is 18.1 Å². The minimum absolute atomic E-state index is 0.483. The van der Waals surface area contributed by atoms with Gasteiger partial charge >= 0.3 is 0 Å². The van der Waals surface area contributed by atoms with Gasteiger partial charge in [0.15, 0.2) is 0 Å². The van der Waals surface area contributed by atoms with Crippen molar-refractivity contribution in [3.05, 3.63) is 23.7 Å². The molecule has 2 heterocycles. The minimum Gasteiger partial charge on any atom is -0.464 e. The zero-order chi connectivity index (χ0) is 10.7. The van der Waals surface area contributed by atoms with E-state index in [1.54, 1.807) is 7.11 Å². The molecule has 0 spiro atoms. The smallest absolute Gasteiger partial charge is 0.129 e. The van der Waals surface area contributed by atoms with Crippen LogP contribution in [-0.2, 0) is 17.8 Å². The Morgan fingerprint density at radius 3 is 3.00 bits per heavy atom. The maximum absolute atomic E-state index is 10.1. The van der Waals surface area contributed by atoms with Crippen molar-refractivity contribution in [2.24, 2.45) is 0 Å². The summed E-state index contributed by atoms with van der Waals surface area (Å²) in [5, 5.41) is 13.3. The Morgan fingerprint density at radius 2 is 2.33 bits per heavy atom. The number of methoxy groups -OCH3 is 1. The Hall–Kier alpha value is -0.840. The molecule has 0 amide bonds. The summed E-state index contributed by atoms with van der Waals surface area (Å²) in [5.74, 6) is 1.63. The zero-order valence-corrected chi connectivity index (χ0v) is 8.95. The Balaban J connectivity index is 1.97. The van der Waals surface area contributed by atoms with E-state index >= 15 is 0 Å². The molecule has 1 aromatic rings. The summed E-state index contributed by atoms with van der Waals surface area (Å²) in [7, 11) is 1.64. The summed E-state index contributed by atoms with van der Waals surface area (Å²) in [6.07, 6.45) is 1.36. The lowest BCUT2D eigenvalue weighted by molar-refractivity contribution is 0.0554. The van der Waals surface area contributed by atoms with Crippen LogP contribution in [0, 0.1) is 0 Å². The molecule has 4 heteroatoms. The Morgan fingerprint density at radius 1 is 1.53 bits per heavy atom. The van der Waals surface area contributed by atoms with Gasteiger partial charge in [-0.05, 0) is 25.1 Å². The number of hydrogen-bond acceptors (Lipinski definition) is 4. The number of aliphatic hydroxyl groups is 1. The van der Waals surface area contributed by atoms with E-state index in [1.165, 1.54) is 0 Å². The predicted octanol–water partition coefficient (Wildman–Crippen LogP) is 0.693. The van der Waals surface area contributed by atoms with Crippen LogP contribution in [0.5, 0.6) is 0 Å². The monoisotopic (exact) mass is 211 g/mol. The highest BCUT2D eigenvalue weighted by Crippen LogP contribution is 2.21. The van der Waals surface area contributed by atoms with Gasteiger partial charge in [0.25, 0.3) is 0 Å². The van der Waals surface area contributed by atoms with Crippen molar-refractivity contribution in [3.8, 4) is 0 Å². The van der Waals surface area contributed by atoms with E-state index < -0.39 is 5.60 Å². The largest absolute Gasteiger partial charge is 0.464 e. The number of ether oxygens (including phenoxy) is 1. The van der Waals surface area contributed by atoms with Crippen LogP contribution in [0.1, 0.15) is 17.9 Å². The van der Waals surface area contributed by atoms with Gasteiger partial charge in [-0.2, -0.15) is 0 Å². The molecule has 0 bridgehead atoms. The molecular formula is C11H17NO3. The fraction of sp³-hybridized carbons (Fsp3) is 0.636. The van der Waals surface area contributed by atoms with Crippen molar-refractivity contribution in [2.45, 2.75) is 25.0 Å². The summed E-state index contributed by atoms with van der Waals surface area (Å²) < 4.78 is 10.5. The first-order valence-electron chi connectivity index (χ1n) is 5.21. The molecule has 1 aliphatic rings. The van der Waals surface area contributed by atoms with Gasteiger partial charge in [-0.3, -0.25) is 0 Å². The van der Waals surface area contributed by atoms with Gasteiger partial charge in [0, 0.05) is 20.1 Å². The summed E-state index contributed by atoms with van der Waals surface area (Å²) in [5.41, 5.74) is -0.637. The first-order chi connectivity index (χ1) is 7.22. The van der Waals surface area contributed by atoms with Crippen LogP contribution in [0.15, 0.2) is 16.5 Å². The molecule has 0 aromatic carbocycles. The molecule has 1 aromatic heterocycles.